The number of carbonyl (C=O) groups excluding carboxylic acids is 1. The van der Waals surface area contributed by atoms with E-state index in [0.29, 0.717) is 17.2 Å². The fourth-order valence-electron chi connectivity index (χ4n) is 4.11. The molecule has 2 aromatic carbocycles. The molecule has 3 fully saturated rings. The number of piperidine rings is 3. The van der Waals surface area contributed by atoms with Crippen LogP contribution in [0.4, 0.5) is 4.39 Å². The number of halogens is 1. The zero-order valence-electron chi connectivity index (χ0n) is 15.9. The minimum atomic E-state index is -0.716. The zero-order valence-corrected chi connectivity index (χ0v) is 15.9. The number of rotatable bonds is 5. The number of ether oxygens (including phenoxy) is 3. The normalized spacial score (nSPS) is 24.4. The van der Waals surface area contributed by atoms with Crippen LogP contribution < -0.4 is 4.74 Å². The molecule has 5 rings (SSSR count). The maximum atomic E-state index is 13.8. The van der Waals surface area contributed by atoms with E-state index in [-0.39, 0.29) is 11.9 Å². The summed E-state index contributed by atoms with van der Waals surface area (Å²) in [7, 11) is 1.58. The first kappa shape index (κ1) is 18.7. The average Bonchev–Trinajstić information content (AvgIpc) is 2.73. The lowest BCUT2D eigenvalue weighted by molar-refractivity contribution is -0.0449. The van der Waals surface area contributed by atoms with Crippen molar-refractivity contribution in [2.24, 2.45) is 5.92 Å². The summed E-state index contributed by atoms with van der Waals surface area (Å²) in [5, 5.41) is 0. The van der Waals surface area contributed by atoms with Gasteiger partial charge in [-0.25, -0.2) is 4.39 Å². The maximum absolute atomic E-state index is 13.8. The van der Waals surface area contributed by atoms with Gasteiger partial charge in [-0.05, 0) is 50.2 Å². The monoisotopic (exact) mass is 386 g/mol. The van der Waals surface area contributed by atoms with Crippen molar-refractivity contribution in [2.45, 2.75) is 25.0 Å². The van der Waals surface area contributed by atoms with E-state index in [0.717, 1.165) is 38.0 Å². The van der Waals surface area contributed by atoms with Crippen molar-refractivity contribution in [1.82, 2.24) is 4.90 Å². The molecule has 5 nitrogen and oxygen atoms in total. The van der Waals surface area contributed by atoms with Gasteiger partial charge in [-0.1, -0.05) is 24.3 Å². The number of nitrogens with zero attached hydrogens (tertiary/aromatic N) is 1. The zero-order chi connectivity index (χ0) is 19.5. The fraction of sp³-hybridized carbons (Fsp3) is 0.409. The Bertz CT molecular complexity index is 835. The van der Waals surface area contributed by atoms with E-state index >= 15 is 0 Å². The first-order valence-electron chi connectivity index (χ1n) is 9.63. The lowest BCUT2D eigenvalue weighted by Gasteiger charge is -2.41. The molecule has 3 heterocycles. The molecule has 3 aliphatic rings. The molecule has 3 aliphatic heterocycles. The van der Waals surface area contributed by atoms with E-state index in [2.05, 4.69) is 4.90 Å². The van der Waals surface area contributed by atoms with Crippen LogP contribution in [0.15, 0.2) is 48.5 Å². The Hall–Kier alpha value is -2.60. The number of benzene rings is 2. The van der Waals surface area contributed by atoms with Gasteiger partial charge < -0.3 is 19.0 Å². The van der Waals surface area contributed by atoms with Crippen LogP contribution in [0.3, 0.4) is 0 Å². The van der Waals surface area contributed by atoms with Crippen LogP contribution >= 0.6 is 0 Å². The van der Waals surface area contributed by atoms with Crippen molar-refractivity contribution < 1.29 is 23.4 Å². The Morgan fingerprint density at radius 1 is 1.11 bits per heavy atom. The molecular formula is C22H25FNO4+. The van der Waals surface area contributed by atoms with Crippen molar-refractivity contribution in [3.8, 4) is 5.75 Å². The SMILES string of the molecule is COc1cccc(C(OC(=[OH+])OC2CN3CCC2CC3)c2cccc(F)c2)c1. The quantitative estimate of drug-likeness (QED) is 0.583. The minimum absolute atomic E-state index is 0.0824. The van der Waals surface area contributed by atoms with Gasteiger partial charge in [0, 0.05) is 17.0 Å². The lowest BCUT2D eigenvalue weighted by atomic mass is 9.86. The smallest absolute Gasteiger partial charge is 0.497 e. The molecule has 2 bridgehead atoms. The number of methoxy groups -OCH3 is 1. The van der Waals surface area contributed by atoms with E-state index in [1.165, 1.54) is 12.1 Å². The van der Waals surface area contributed by atoms with E-state index in [4.69, 9.17) is 14.2 Å². The van der Waals surface area contributed by atoms with Crippen molar-refractivity contribution >= 4 is 6.16 Å². The van der Waals surface area contributed by atoms with Gasteiger partial charge in [0.2, 0.25) is 6.10 Å². The highest BCUT2D eigenvalue weighted by Gasteiger charge is 2.41. The molecule has 0 radical (unpaired) electrons. The molecule has 2 aromatic rings. The molecule has 6 heteroatoms. The van der Waals surface area contributed by atoms with Crippen LogP contribution in [-0.2, 0) is 9.47 Å². The molecule has 0 spiro atoms. The Balaban J connectivity index is 1.54. The van der Waals surface area contributed by atoms with Gasteiger partial charge in [0.05, 0.1) is 13.7 Å². The molecule has 0 aliphatic carbocycles. The second-order valence-electron chi connectivity index (χ2n) is 7.39. The van der Waals surface area contributed by atoms with Gasteiger partial charge in [0.15, 0.2) is 6.10 Å². The van der Waals surface area contributed by atoms with E-state index in [9.17, 15) is 9.18 Å². The summed E-state index contributed by atoms with van der Waals surface area (Å²) in [6, 6.07) is 13.4. The van der Waals surface area contributed by atoms with Gasteiger partial charge in [-0.15, -0.1) is 0 Å². The molecule has 0 aromatic heterocycles. The summed E-state index contributed by atoms with van der Waals surface area (Å²) in [5.41, 5.74) is 1.31. The molecule has 1 N–H and O–H groups in total. The van der Waals surface area contributed by atoms with Crippen molar-refractivity contribution in [3.63, 3.8) is 0 Å². The summed E-state index contributed by atoms with van der Waals surface area (Å²) in [6.45, 7) is 2.96. The Labute approximate surface area is 164 Å². The molecule has 28 heavy (non-hydrogen) atoms. The Kier molecular flexibility index (Phi) is 5.48. The second kappa shape index (κ2) is 8.19. The second-order valence-corrected chi connectivity index (χ2v) is 7.39. The highest BCUT2D eigenvalue weighted by atomic mass is 19.1. The third kappa shape index (κ3) is 4.12. The van der Waals surface area contributed by atoms with Gasteiger partial charge in [-0.3, -0.25) is 4.90 Å². The predicted molar refractivity (Wildman–Crippen MR) is 103 cm³/mol. The van der Waals surface area contributed by atoms with Gasteiger partial charge in [0.25, 0.3) is 0 Å². The van der Waals surface area contributed by atoms with Crippen LogP contribution in [0.2, 0.25) is 0 Å². The highest BCUT2D eigenvalue weighted by molar-refractivity contribution is 5.62. The number of fused-ring (bicyclic) bond motifs is 3. The Morgan fingerprint density at radius 2 is 1.82 bits per heavy atom. The van der Waals surface area contributed by atoms with Crippen molar-refractivity contribution in [1.29, 1.82) is 0 Å². The summed E-state index contributed by atoms with van der Waals surface area (Å²) >= 11 is 0. The number of hydrogen-bond donors (Lipinski definition) is 0. The van der Waals surface area contributed by atoms with E-state index in [1.807, 2.05) is 18.2 Å². The summed E-state index contributed by atoms with van der Waals surface area (Å²) < 4.78 is 30.7. The highest BCUT2D eigenvalue weighted by Crippen LogP contribution is 2.32. The van der Waals surface area contributed by atoms with E-state index < -0.39 is 12.3 Å². The molecule has 2 atom stereocenters. The van der Waals surface area contributed by atoms with Crippen molar-refractivity contribution in [3.05, 3.63) is 65.5 Å². The maximum Gasteiger partial charge on any atom is 0.713 e. The standard InChI is InChI=1S/C22H24FNO4/c1-26-19-7-3-5-17(13-19)21(16-4-2-6-18(23)12-16)28-22(25)27-20-14-24-10-8-15(20)9-11-24/h2-7,12-13,15,20-21H,8-11,14H2,1H3/p+1. The molecular weight excluding hydrogens is 361 g/mol. The van der Waals surface area contributed by atoms with Crippen LogP contribution in [0.5, 0.6) is 5.75 Å². The largest absolute Gasteiger partial charge is 0.713 e. The Morgan fingerprint density at radius 3 is 2.46 bits per heavy atom. The lowest BCUT2D eigenvalue weighted by Crippen LogP contribution is -2.52. The van der Waals surface area contributed by atoms with Gasteiger partial charge >= 0.3 is 6.16 Å². The minimum Gasteiger partial charge on any atom is -0.497 e. The molecule has 148 valence electrons. The van der Waals surface area contributed by atoms with Gasteiger partial charge in [0.1, 0.15) is 11.6 Å². The summed E-state index contributed by atoms with van der Waals surface area (Å²) in [5.74, 6) is 0.715. The predicted octanol–water partition coefficient (Wildman–Crippen LogP) is 3.51. The van der Waals surface area contributed by atoms with Gasteiger partial charge in [-0.2, -0.15) is 0 Å². The number of hydrogen-bond acceptors (Lipinski definition) is 4. The van der Waals surface area contributed by atoms with Crippen molar-refractivity contribution in [2.75, 3.05) is 26.7 Å². The fourth-order valence-corrected chi connectivity index (χ4v) is 4.11. The molecule has 3 saturated heterocycles. The summed E-state index contributed by atoms with van der Waals surface area (Å²) in [4.78, 5) is 12.8. The summed E-state index contributed by atoms with van der Waals surface area (Å²) in [6.07, 6.45) is 0.867. The topological polar surface area (TPSA) is 52.3 Å². The third-order valence-corrected chi connectivity index (χ3v) is 5.61. The molecule has 0 saturated carbocycles. The van der Waals surface area contributed by atoms with Crippen LogP contribution in [0.25, 0.3) is 0 Å². The van der Waals surface area contributed by atoms with Crippen LogP contribution in [-0.4, -0.2) is 48.7 Å². The van der Waals surface area contributed by atoms with Crippen LogP contribution in [0, 0.1) is 11.7 Å². The first-order chi connectivity index (χ1) is 13.6. The third-order valence-electron chi connectivity index (χ3n) is 5.61. The average molecular weight is 386 g/mol. The molecule has 0 amide bonds. The molecule has 2 unspecified atom stereocenters. The van der Waals surface area contributed by atoms with Crippen LogP contribution in [0.1, 0.15) is 30.1 Å². The first-order valence-corrected chi connectivity index (χ1v) is 9.63. The van der Waals surface area contributed by atoms with E-state index in [1.54, 1.807) is 25.3 Å².